The molecule has 0 spiro atoms. The van der Waals surface area contributed by atoms with Gasteiger partial charge in [-0.1, -0.05) is 0 Å². The van der Waals surface area contributed by atoms with Crippen molar-refractivity contribution >= 4 is 5.95 Å². The van der Waals surface area contributed by atoms with Crippen molar-refractivity contribution in [3.05, 3.63) is 17.5 Å². The van der Waals surface area contributed by atoms with Crippen molar-refractivity contribution in [2.45, 2.75) is 32.4 Å². The molecule has 2 heterocycles. The van der Waals surface area contributed by atoms with Crippen molar-refractivity contribution in [3.63, 3.8) is 0 Å². The van der Waals surface area contributed by atoms with E-state index in [9.17, 15) is 0 Å². The third-order valence-electron chi connectivity index (χ3n) is 3.93. The highest BCUT2D eigenvalue weighted by Gasteiger charge is 2.23. The molecule has 1 atom stereocenters. The normalized spacial score (nSPS) is 19.9. The van der Waals surface area contributed by atoms with Crippen LogP contribution in [0.3, 0.4) is 0 Å². The molecule has 19 heavy (non-hydrogen) atoms. The first-order valence-corrected chi connectivity index (χ1v) is 7.00. The smallest absolute Gasteiger partial charge is 0.225 e. The number of likely N-dealkylation sites (tertiary alicyclic amines) is 1. The Balaban J connectivity index is 2.02. The van der Waals surface area contributed by atoms with E-state index < -0.39 is 0 Å². The Morgan fingerprint density at radius 3 is 2.89 bits per heavy atom. The van der Waals surface area contributed by atoms with E-state index in [-0.39, 0.29) is 0 Å². The van der Waals surface area contributed by atoms with E-state index in [1.807, 2.05) is 20.2 Å². The average Bonchev–Trinajstić information content (AvgIpc) is 2.78. The number of likely N-dealkylation sites (N-methyl/N-ethyl adjacent to an activating group) is 2. The van der Waals surface area contributed by atoms with Gasteiger partial charge in [-0.2, -0.15) is 0 Å². The van der Waals surface area contributed by atoms with E-state index in [0.717, 1.165) is 30.3 Å². The molecule has 1 fully saturated rings. The monoisotopic (exact) mass is 263 g/mol. The number of hydrogen-bond acceptors (Lipinski definition) is 5. The lowest BCUT2D eigenvalue weighted by atomic mass is 10.2. The maximum absolute atomic E-state index is 4.62. The van der Waals surface area contributed by atoms with Crippen LogP contribution in [0.1, 0.15) is 24.1 Å². The lowest BCUT2D eigenvalue weighted by Gasteiger charge is -2.26. The van der Waals surface area contributed by atoms with Crippen LogP contribution in [0.4, 0.5) is 5.95 Å². The Morgan fingerprint density at radius 2 is 2.32 bits per heavy atom. The molecule has 0 amide bonds. The first-order valence-electron chi connectivity index (χ1n) is 7.00. The molecule has 1 aromatic heterocycles. The second-order valence-corrected chi connectivity index (χ2v) is 5.47. The van der Waals surface area contributed by atoms with Crippen molar-refractivity contribution in [2.75, 3.05) is 39.1 Å². The second-order valence-electron chi connectivity index (χ2n) is 5.47. The van der Waals surface area contributed by atoms with Crippen LogP contribution in [-0.4, -0.2) is 55.1 Å². The quantitative estimate of drug-likeness (QED) is 0.860. The fourth-order valence-corrected chi connectivity index (χ4v) is 2.64. The van der Waals surface area contributed by atoms with Gasteiger partial charge < -0.3 is 15.1 Å². The summed E-state index contributed by atoms with van der Waals surface area (Å²) >= 11 is 0. The van der Waals surface area contributed by atoms with Gasteiger partial charge in [0.1, 0.15) is 0 Å². The van der Waals surface area contributed by atoms with Gasteiger partial charge in [-0.25, -0.2) is 9.97 Å². The van der Waals surface area contributed by atoms with Gasteiger partial charge in [0.15, 0.2) is 0 Å². The van der Waals surface area contributed by atoms with Crippen molar-refractivity contribution in [1.29, 1.82) is 0 Å². The zero-order valence-electron chi connectivity index (χ0n) is 12.5. The molecule has 2 rings (SSSR count). The van der Waals surface area contributed by atoms with Gasteiger partial charge in [-0.05, 0) is 40.4 Å². The van der Waals surface area contributed by atoms with Crippen molar-refractivity contribution in [3.8, 4) is 0 Å². The fraction of sp³-hybridized carbons (Fsp3) is 0.714. The number of nitrogens with one attached hydrogen (secondary N) is 1. The van der Waals surface area contributed by atoms with Gasteiger partial charge in [-0.15, -0.1) is 0 Å². The zero-order chi connectivity index (χ0) is 13.8. The Labute approximate surface area is 116 Å². The molecule has 1 saturated heterocycles. The summed E-state index contributed by atoms with van der Waals surface area (Å²) in [7, 11) is 6.22. The van der Waals surface area contributed by atoms with Crippen molar-refractivity contribution in [2.24, 2.45) is 0 Å². The maximum atomic E-state index is 4.62. The zero-order valence-corrected chi connectivity index (χ0v) is 12.5. The Hall–Kier alpha value is -1.20. The van der Waals surface area contributed by atoms with Crippen molar-refractivity contribution in [1.82, 2.24) is 20.2 Å². The number of nitrogens with zero attached hydrogens (tertiary/aromatic N) is 4. The van der Waals surface area contributed by atoms with Crippen LogP contribution in [0, 0.1) is 6.92 Å². The van der Waals surface area contributed by atoms with Crippen LogP contribution in [0.2, 0.25) is 0 Å². The molecule has 5 heteroatoms. The molecule has 5 nitrogen and oxygen atoms in total. The number of anilines is 1. The summed E-state index contributed by atoms with van der Waals surface area (Å²) in [4.78, 5) is 13.7. The topological polar surface area (TPSA) is 44.3 Å². The Morgan fingerprint density at radius 1 is 1.53 bits per heavy atom. The van der Waals surface area contributed by atoms with Gasteiger partial charge in [-0.3, -0.25) is 0 Å². The number of rotatable bonds is 5. The molecule has 1 aliphatic rings. The first-order chi connectivity index (χ1) is 9.11. The molecular weight excluding hydrogens is 238 g/mol. The molecule has 1 N–H and O–H groups in total. The van der Waals surface area contributed by atoms with Crippen LogP contribution in [0.25, 0.3) is 0 Å². The predicted octanol–water partition coefficient (Wildman–Crippen LogP) is 1.03. The second kappa shape index (κ2) is 6.30. The summed E-state index contributed by atoms with van der Waals surface area (Å²) < 4.78 is 0. The highest BCUT2D eigenvalue weighted by atomic mass is 15.3. The minimum absolute atomic E-state index is 0.630. The van der Waals surface area contributed by atoms with Gasteiger partial charge in [0.2, 0.25) is 5.95 Å². The van der Waals surface area contributed by atoms with Crippen LogP contribution < -0.4 is 10.2 Å². The Kier molecular flexibility index (Phi) is 4.71. The summed E-state index contributed by atoms with van der Waals surface area (Å²) in [6, 6.07) is 0.630. The molecule has 106 valence electrons. The van der Waals surface area contributed by atoms with E-state index in [1.165, 1.54) is 19.4 Å². The highest BCUT2D eigenvalue weighted by Crippen LogP contribution is 2.17. The molecule has 0 aromatic carbocycles. The summed E-state index contributed by atoms with van der Waals surface area (Å²) in [6.45, 7) is 5.08. The maximum Gasteiger partial charge on any atom is 0.225 e. The van der Waals surface area contributed by atoms with Gasteiger partial charge in [0, 0.05) is 43.6 Å². The Bertz CT molecular complexity index is 420. The molecule has 0 bridgehead atoms. The molecule has 1 aromatic rings. The molecule has 1 aliphatic heterocycles. The van der Waals surface area contributed by atoms with E-state index in [2.05, 4.69) is 39.2 Å². The first kappa shape index (κ1) is 14.2. The SMILES string of the molecule is CNCc1cnc(N(C)CC2CCCN2C)nc1C. The predicted molar refractivity (Wildman–Crippen MR) is 78.5 cm³/mol. The molecular formula is C14H25N5. The molecule has 0 aliphatic carbocycles. The highest BCUT2D eigenvalue weighted by molar-refractivity contribution is 5.32. The van der Waals surface area contributed by atoms with Crippen molar-refractivity contribution < 1.29 is 0 Å². The van der Waals surface area contributed by atoms with Crippen LogP contribution >= 0.6 is 0 Å². The van der Waals surface area contributed by atoms with Gasteiger partial charge in [0.25, 0.3) is 0 Å². The summed E-state index contributed by atoms with van der Waals surface area (Å²) in [5.41, 5.74) is 2.23. The molecule has 0 radical (unpaired) electrons. The summed E-state index contributed by atoms with van der Waals surface area (Å²) in [5, 5.41) is 3.14. The third kappa shape index (κ3) is 3.42. The minimum Gasteiger partial charge on any atom is -0.342 e. The fourth-order valence-electron chi connectivity index (χ4n) is 2.64. The summed E-state index contributed by atoms with van der Waals surface area (Å²) in [6.07, 6.45) is 4.51. The number of aromatic nitrogens is 2. The van der Waals surface area contributed by atoms with Crippen LogP contribution in [0.15, 0.2) is 6.20 Å². The number of hydrogen-bond donors (Lipinski definition) is 1. The minimum atomic E-state index is 0.630. The van der Waals surface area contributed by atoms with Crippen LogP contribution in [-0.2, 0) is 6.54 Å². The molecule has 0 saturated carbocycles. The van der Waals surface area contributed by atoms with E-state index in [1.54, 1.807) is 0 Å². The standard InChI is InChI=1S/C14H25N5/c1-11-12(8-15-2)9-16-14(17-11)19(4)10-13-6-5-7-18(13)3/h9,13,15H,5-8,10H2,1-4H3. The lowest BCUT2D eigenvalue weighted by Crippen LogP contribution is -2.37. The van der Waals surface area contributed by atoms with E-state index in [0.29, 0.717) is 6.04 Å². The van der Waals surface area contributed by atoms with Crippen LogP contribution in [0.5, 0.6) is 0 Å². The lowest BCUT2D eigenvalue weighted by molar-refractivity contribution is 0.313. The third-order valence-corrected chi connectivity index (χ3v) is 3.93. The largest absolute Gasteiger partial charge is 0.342 e. The number of aryl methyl sites for hydroxylation is 1. The van der Waals surface area contributed by atoms with Gasteiger partial charge >= 0.3 is 0 Å². The van der Waals surface area contributed by atoms with Gasteiger partial charge in [0.05, 0.1) is 0 Å². The summed E-state index contributed by atoms with van der Waals surface area (Å²) in [5.74, 6) is 0.831. The van der Waals surface area contributed by atoms with E-state index >= 15 is 0 Å². The average molecular weight is 263 g/mol. The molecule has 1 unspecified atom stereocenters. The van der Waals surface area contributed by atoms with E-state index in [4.69, 9.17) is 0 Å².